The van der Waals surface area contributed by atoms with E-state index < -0.39 is 61.6 Å². The molecule has 14 heteroatoms. The average Bonchev–Trinajstić information content (AvgIpc) is 3.49. The van der Waals surface area contributed by atoms with Crippen molar-refractivity contribution < 1.29 is 35.7 Å². The van der Waals surface area contributed by atoms with Gasteiger partial charge in [0.1, 0.15) is 5.69 Å². The predicted octanol–water partition coefficient (Wildman–Crippen LogP) is 4.43. The standard InChI is InChI=1S/C26H30F5N7O2/c1-37-19(24(32)40)11-17(36-37)22(14-4-7-25(27,28)8-5-14)18-13-38-20(34-18)10-16(12-33-38)23(15-2-3-15)35-21(39)6-9-26(29,30)31/h10-15,22-23H,2-9H2,1H3,(H2,32,40)(H,35,39)/t22-,23-/m1/s1/i1D3. The molecule has 0 spiro atoms. The Balaban J connectivity index is 1.49. The number of carbonyl (C=O) groups is 2. The number of fused-ring (bicyclic) bond motifs is 1. The molecule has 0 unspecified atom stereocenters. The monoisotopic (exact) mass is 570 g/mol. The topological polar surface area (TPSA) is 120 Å². The third-order valence-electron chi connectivity index (χ3n) is 7.62. The number of primary amides is 1. The van der Waals surface area contributed by atoms with Gasteiger partial charge in [-0.3, -0.25) is 14.3 Å². The summed E-state index contributed by atoms with van der Waals surface area (Å²) in [4.78, 5) is 29.0. The van der Waals surface area contributed by atoms with Gasteiger partial charge in [-0.05, 0) is 55.2 Å². The molecule has 2 atom stereocenters. The van der Waals surface area contributed by atoms with E-state index in [4.69, 9.17) is 9.85 Å². The van der Waals surface area contributed by atoms with E-state index >= 15 is 0 Å². The Hall–Kier alpha value is -3.58. The van der Waals surface area contributed by atoms with Crippen molar-refractivity contribution in [1.29, 1.82) is 0 Å². The van der Waals surface area contributed by atoms with Gasteiger partial charge in [-0.1, -0.05) is 0 Å². The van der Waals surface area contributed by atoms with Gasteiger partial charge in [-0.25, -0.2) is 18.3 Å². The fraction of sp³-hybridized carbons (Fsp3) is 0.577. The van der Waals surface area contributed by atoms with Gasteiger partial charge in [0.15, 0.2) is 5.65 Å². The van der Waals surface area contributed by atoms with Crippen LogP contribution in [0.25, 0.3) is 5.65 Å². The molecular weight excluding hydrogens is 537 g/mol. The molecule has 3 aromatic heterocycles. The van der Waals surface area contributed by atoms with Crippen LogP contribution in [0.1, 0.15) is 94.9 Å². The SMILES string of the molecule is [2H]C([2H])([2H])n1nc([C@H](c2cn3ncc([C@H](NC(=O)CCC(F)(F)F)C4CC4)cc3n2)C2CCC(F)(F)CC2)cc1C(N)=O. The van der Waals surface area contributed by atoms with Crippen LogP contribution in [-0.2, 0) is 11.8 Å². The Kier molecular flexibility index (Phi) is 6.32. The Morgan fingerprint density at radius 1 is 1.18 bits per heavy atom. The highest BCUT2D eigenvalue weighted by Crippen LogP contribution is 2.45. The highest BCUT2D eigenvalue weighted by Gasteiger charge is 2.40. The molecule has 0 aliphatic heterocycles. The Bertz CT molecular complexity index is 1510. The Morgan fingerprint density at radius 2 is 1.90 bits per heavy atom. The second-order valence-electron chi connectivity index (χ2n) is 10.7. The lowest BCUT2D eigenvalue weighted by Gasteiger charge is -2.32. The van der Waals surface area contributed by atoms with E-state index in [9.17, 15) is 31.5 Å². The summed E-state index contributed by atoms with van der Waals surface area (Å²) in [5.74, 6) is -5.76. The number of nitrogens with two attached hydrogens (primary N) is 1. The molecule has 2 aliphatic carbocycles. The van der Waals surface area contributed by atoms with Gasteiger partial charge in [-0.2, -0.15) is 23.4 Å². The number of rotatable bonds is 9. The van der Waals surface area contributed by atoms with Gasteiger partial charge < -0.3 is 11.1 Å². The normalized spacial score (nSPS) is 20.9. The number of nitrogens with one attached hydrogen (secondary N) is 1. The molecule has 0 radical (unpaired) electrons. The number of carbonyl (C=O) groups excluding carboxylic acids is 2. The van der Waals surface area contributed by atoms with E-state index in [1.165, 1.54) is 16.8 Å². The van der Waals surface area contributed by atoms with Gasteiger partial charge in [0.25, 0.3) is 5.91 Å². The molecule has 5 rings (SSSR count). The fourth-order valence-electron chi connectivity index (χ4n) is 5.39. The van der Waals surface area contributed by atoms with Crippen LogP contribution in [0.2, 0.25) is 0 Å². The summed E-state index contributed by atoms with van der Waals surface area (Å²) in [5, 5.41) is 11.2. The number of alkyl halides is 5. The van der Waals surface area contributed by atoms with Crippen LogP contribution in [0.4, 0.5) is 22.0 Å². The van der Waals surface area contributed by atoms with Crippen LogP contribution >= 0.6 is 0 Å². The van der Waals surface area contributed by atoms with Crippen molar-refractivity contribution >= 4 is 17.5 Å². The molecule has 2 saturated carbocycles. The van der Waals surface area contributed by atoms with Crippen LogP contribution in [0, 0.1) is 11.8 Å². The molecule has 2 aliphatic rings. The van der Waals surface area contributed by atoms with Crippen LogP contribution in [0.3, 0.4) is 0 Å². The summed E-state index contributed by atoms with van der Waals surface area (Å²) in [5.41, 5.74) is 6.41. The molecule has 40 heavy (non-hydrogen) atoms. The maximum Gasteiger partial charge on any atom is 0.389 e. The van der Waals surface area contributed by atoms with Crippen LogP contribution in [0.5, 0.6) is 0 Å². The van der Waals surface area contributed by atoms with Crippen LogP contribution in [0.15, 0.2) is 24.5 Å². The number of halogens is 5. The third-order valence-corrected chi connectivity index (χ3v) is 7.62. The molecule has 216 valence electrons. The van der Waals surface area contributed by atoms with E-state index in [1.54, 1.807) is 12.3 Å². The molecule has 3 heterocycles. The van der Waals surface area contributed by atoms with Gasteiger partial charge in [0, 0.05) is 36.3 Å². The van der Waals surface area contributed by atoms with Gasteiger partial charge in [0.05, 0.1) is 36.2 Å². The first-order valence-electron chi connectivity index (χ1n) is 14.5. The minimum Gasteiger partial charge on any atom is -0.364 e. The molecule has 0 bridgehead atoms. The molecule has 9 nitrogen and oxygen atoms in total. The first-order chi connectivity index (χ1) is 20.0. The second-order valence-corrected chi connectivity index (χ2v) is 10.7. The fourth-order valence-corrected chi connectivity index (χ4v) is 5.39. The smallest absolute Gasteiger partial charge is 0.364 e. The summed E-state index contributed by atoms with van der Waals surface area (Å²) in [6.45, 7) is -2.83. The van der Waals surface area contributed by atoms with E-state index in [0.29, 0.717) is 21.6 Å². The first kappa shape index (κ1) is 24.2. The number of aromatic nitrogens is 5. The number of aryl methyl sites for hydroxylation is 1. The summed E-state index contributed by atoms with van der Waals surface area (Å²) < 4.78 is 91.2. The molecule has 0 aromatic carbocycles. The first-order valence-corrected chi connectivity index (χ1v) is 13.0. The predicted molar refractivity (Wildman–Crippen MR) is 132 cm³/mol. The van der Waals surface area contributed by atoms with E-state index in [0.717, 1.165) is 12.8 Å². The maximum atomic E-state index is 14.1. The lowest BCUT2D eigenvalue weighted by atomic mass is 9.76. The third kappa shape index (κ3) is 6.25. The number of hydrogen-bond acceptors (Lipinski definition) is 5. The Labute approximate surface area is 230 Å². The molecule has 2 amide bonds. The largest absolute Gasteiger partial charge is 0.389 e. The molecule has 0 saturated heterocycles. The highest BCUT2D eigenvalue weighted by molar-refractivity contribution is 5.91. The zero-order chi connectivity index (χ0) is 31.3. The van der Waals surface area contributed by atoms with Gasteiger partial charge in [0.2, 0.25) is 11.8 Å². The van der Waals surface area contributed by atoms with E-state index in [-0.39, 0.29) is 43.0 Å². The van der Waals surface area contributed by atoms with Crippen molar-refractivity contribution in [2.45, 2.75) is 75.4 Å². The van der Waals surface area contributed by atoms with Gasteiger partial charge >= 0.3 is 6.18 Å². The number of hydrogen-bond donors (Lipinski definition) is 2. The van der Waals surface area contributed by atoms with Crippen molar-refractivity contribution in [3.05, 3.63) is 47.2 Å². The van der Waals surface area contributed by atoms with E-state index in [1.807, 2.05) is 0 Å². The zero-order valence-corrected chi connectivity index (χ0v) is 21.3. The average molecular weight is 571 g/mol. The van der Waals surface area contributed by atoms with Crippen molar-refractivity contribution in [3.63, 3.8) is 0 Å². The Morgan fingerprint density at radius 3 is 2.50 bits per heavy atom. The zero-order valence-electron chi connectivity index (χ0n) is 24.3. The lowest BCUT2D eigenvalue weighted by molar-refractivity contribution is -0.144. The number of amides is 2. The summed E-state index contributed by atoms with van der Waals surface area (Å²) in [6.07, 6.45) is -2.40. The minimum atomic E-state index is -4.46. The minimum absolute atomic E-state index is 0.0289. The summed E-state index contributed by atoms with van der Waals surface area (Å²) >= 11 is 0. The van der Waals surface area contributed by atoms with Crippen molar-refractivity contribution in [1.82, 2.24) is 29.7 Å². The maximum absolute atomic E-state index is 14.1. The van der Waals surface area contributed by atoms with E-state index in [2.05, 4.69) is 20.5 Å². The molecule has 2 fully saturated rings. The van der Waals surface area contributed by atoms with Crippen LogP contribution < -0.4 is 11.1 Å². The summed E-state index contributed by atoms with van der Waals surface area (Å²) in [7, 11) is 0. The molecule has 3 N–H and O–H groups in total. The number of imidazole rings is 1. The number of nitrogens with zero attached hydrogens (tertiary/aromatic N) is 5. The van der Waals surface area contributed by atoms with Crippen molar-refractivity contribution in [2.24, 2.45) is 24.5 Å². The quantitative estimate of drug-likeness (QED) is 0.369. The van der Waals surface area contributed by atoms with Crippen molar-refractivity contribution in [3.8, 4) is 0 Å². The lowest BCUT2D eigenvalue weighted by Crippen LogP contribution is -2.30. The van der Waals surface area contributed by atoms with Gasteiger partial charge in [-0.15, -0.1) is 0 Å². The highest BCUT2D eigenvalue weighted by atomic mass is 19.4. The van der Waals surface area contributed by atoms with Crippen molar-refractivity contribution in [2.75, 3.05) is 0 Å². The summed E-state index contributed by atoms with van der Waals surface area (Å²) in [6, 6.07) is 2.32. The molecular formula is C26H30F5N7O2. The molecule has 3 aromatic rings. The van der Waals surface area contributed by atoms with Crippen LogP contribution in [-0.4, -0.2) is 48.3 Å². The second kappa shape index (κ2) is 10.4.